The molecule has 3 aromatic carbocycles. The molecule has 2 fully saturated rings. The van der Waals surface area contributed by atoms with Crippen molar-refractivity contribution in [3.63, 3.8) is 0 Å². The maximum atomic E-state index is 13.9. The highest BCUT2D eigenvalue weighted by Gasteiger charge is 2.52. The lowest BCUT2D eigenvalue weighted by Crippen LogP contribution is -2.34. The van der Waals surface area contributed by atoms with E-state index in [0.29, 0.717) is 55.7 Å². The molecule has 1 aliphatic carbocycles. The van der Waals surface area contributed by atoms with Crippen molar-refractivity contribution in [3.8, 4) is 11.3 Å². The molecule has 1 saturated heterocycles. The Bertz CT molecular complexity index is 1930. The molecule has 2 aliphatic rings. The number of Topliss-reactive ketones (excluding diaryl/α,β-unsaturated/α-hetero) is 1. The van der Waals surface area contributed by atoms with Crippen LogP contribution in [0.5, 0.6) is 0 Å². The van der Waals surface area contributed by atoms with E-state index in [1.807, 2.05) is 0 Å². The molecule has 0 radical (unpaired) electrons. The van der Waals surface area contributed by atoms with Gasteiger partial charge in [0, 0.05) is 42.9 Å². The first-order chi connectivity index (χ1) is 22.9. The van der Waals surface area contributed by atoms with Crippen molar-refractivity contribution < 1.29 is 28.3 Å². The number of halogens is 6. The molecule has 0 bridgehead atoms. The highest BCUT2D eigenvalue weighted by Crippen LogP contribution is 2.45. The first-order valence-electron chi connectivity index (χ1n) is 15.0. The molecular weight excluding hydrogens is 858 g/mol. The van der Waals surface area contributed by atoms with Gasteiger partial charge in [0.1, 0.15) is 5.82 Å². The number of aryl methyl sites for hydroxylation is 1. The van der Waals surface area contributed by atoms with Crippen LogP contribution in [0.1, 0.15) is 45.5 Å². The van der Waals surface area contributed by atoms with Crippen LogP contribution in [0.2, 0.25) is 5.02 Å². The summed E-state index contributed by atoms with van der Waals surface area (Å²) in [4.78, 5) is 60.1. The van der Waals surface area contributed by atoms with Crippen LogP contribution in [-0.2, 0) is 14.3 Å². The number of alkyl halides is 3. The van der Waals surface area contributed by atoms with Gasteiger partial charge in [-0.3, -0.25) is 19.3 Å². The van der Waals surface area contributed by atoms with Gasteiger partial charge in [0.2, 0.25) is 17.6 Å². The van der Waals surface area contributed by atoms with E-state index in [1.54, 1.807) is 43.3 Å². The fourth-order valence-electron chi connectivity index (χ4n) is 6.24. The van der Waals surface area contributed by atoms with E-state index in [2.05, 4.69) is 47.8 Å². The van der Waals surface area contributed by atoms with E-state index in [9.17, 15) is 23.6 Å². The zero-order valence-corrected chi connectivity index (χ0v) is 31.5. The molecule has 48 heavy (non-hydrogen) atoms. The van der Waals surface area contributed by atoms with Gasteiger partial charge in [-0.15, -0.1) is 11.6 Å². The van der Waals surface area contributed by atoms with Crippen LogP contribution in [0.25, 0.3) is 22.2 Å². The van der Waals surface area contributed by atoms with Crippen LogP contribution in [0.3, 0.4) is 0 Å². The van der Waals surface area contributed by atoms with Crippen molar-refractivity contribution in [3.05, 3.63) is 92.7 Å². The number of pyridine rings is 1. The SMILES string of the molecule is Cc1c(Cl)c(Br)cc2c(C(=O)OC(CCCl)C(=O)c3ccc(F)cc3)cc(-c3ccc(N4C(=O)C5CC(Br)C(Br)CC5C4=O)cc3)nc12. The third-order valence-electron chi connectivity index (χ3n) is 8.82. The molecule has 13 heteroatoms. The molecule has 4 aromatic rings. The number of imide groups is 1. The number of rotatable bonds is 8. The standard InChI is InChI=1S/C35H26Br3Cl2FN2O5/c1-16-30(40)27(38)12-21-24(35(47)48-29(10-11-39)32(44)18-2-6-19(41)7-3-18)15-28(42-31(16)21)17-4-8-20(9-5-17)43-33(45)22-13-25(36)26(37)14-23(22)34(43)46/h2-9,12,15,22-23,25-26,29H,10-11,13-14H2,1H3. The number of aromatic nitrogens is 1. The number of hydrogen-bond acceptors (Lipinski definition) is 6. The van der Waals surface area contributed by atoms with E-state index >= 15 is 0 Å². The summed E-state index contributed by atoms with van der Waals surface area (Å²) >= 11 is 23.2. The molecule has 5 unspecified atom stereocenters. The zero-order chi connectivity index (χ0) is 34.4. The zero-order valence-electron chi connectivity index (χ0n) is 25.2. The minimum absolute atomic E-state index is 0.0384. The summed E-state index contributed by atoms with van der Waals surface area (Å²) in [6.45, 7) is 1.78. The number of fused-ring (bicyclic) bond motifs is 2. The highest BCUT2D eigenvalue weighted by molar-refractivity contribution is 9.12. The molecule has 1 aliphatic heterocycles. The second-order valence-electron chi connectivity index (χ2n) is 11.8. The van der Waals surface area contributed by atoms with E-state index in [-0.39, 0.29) is 56.7 Å². The second-order valence-corrected chi connectivity index (χ2v) is 15.7. The van der Waals surface area contributed by atoms with Crippen LogP contribution in [0.4, 0.5) is 10.1 Å². The normalized spacial score (nSPS) is 21.4. The first kappa shape index (κ1) is 35.1. The number of nitrogens with zero attached hydrogens (tertiary/aromatic N) is 2. The molecular formula is C35H26Br3Cl2FN2O5. The molecule has 248 valence electrons. The fraction of sp³-hybridized carbons (Fsp3) is 0.286. The average Bonchev–Trinajstić information content (AvgIpc) is 3.31. The lowest BCUT2D eigenvalue weighted by Gasteiger charge is -2.29. The topological polar surface area (TPSA) is 93.6 Å². The highest BCUT2D eigenvalue weighted by atomic mass is 79.9. The van der Waals surface area contributed by atoms with Crippen molar-refractivity contribution in [2.24, 2.45) is 11.8 Å². The summed E-state index contributed by atoms with van der Waals surface area (Å²) in [5, 5.41) is 0.858. The summed E-state index contributed by atoms with van der Waals surface area (Å²) in [6.07, 6.45) is -0.0442. The summed E-state index contributed by atoms with van der Waals surface area (Å²) < 4.78 is 19.8. The van der Waals surface area contributed by atoms with E-state index in [1.165, 1.54) is 17.0 Å². The smallest absolute Gasteiger partial charge is 0.339 e. The van der Waals surface area contributed by atoms with Gasteiger partial charge in [0.05, 0.1) is 39.3 Å². The average molecular weight is 884 g/mol. The van der Waals surface area contributed by atoms with Gasteiger partial charge in [-0.05, 0) is 89.8 Å². The Hall–Kier alpha value is -2.70. The summed E-state index contributed by atoms with van der Waals surface area (Å²) in [5.41, 5.74) is 2.82. The minimum atomic E-state index is -1.22. The summed E-state index contributed by atoms with van der Waals surface area (Å²) in [6, 6.07) is 15.0. The van der Waals surface area contributed by atoms with Crippen LogP contribution >= 0.6 is 71.0 Å². The molecule has 1 saturated carbocycles. The third kappa shape index (κ3) is 6.61. The largest absolute Gasteiger partial charge is 0.450 e. The van der Waals surface area contributed by atoms with Gasteiger partial charge in [-0.1, -0.05) is 55.6 Å². The lowest BCUT2D eigenvalue weighted by molar-refractivity contribution is -0.122. The molecule has 2 heterocycles. The molecule has 5 atom stereocenters. The third-order valence-corrected chi connectivity index (χ3v) is 13.1. The number of benzene rings is 3. The van der Waals surface area contributed by atoms with Gasteiger partial charge in [0.15, 0.2) is 6.10 Å². The van der Waals surface area contributed by atoms with Gasteiger partial charge in [-0.2, -0.15) is 0 Å². The number of carbonyl (C=O) groups excluding carboxylic acids is 4. The van der Waals surface area contributed by atoms with Crippen LogP contribution in [0, 0.1) is 24.6 Å². The number of hydrogen-bond donors (Lipinski definition) is 0. The van der Waals surface area contributed by atoms with Crippen molar-refractivity contribution in [1.29, 1.82) is 0 Å². The lowest BCUT2D eigenvalue weighted by atomic mass is 9.81. The monoisotopic (exact) mass is 880 g/mol. The number of esters is 1. The van der Waals surface area contributed by atoms with Crippen molar-refractivity contribution in [2.45, 2.75) is 41.9 Å². The van der Waals surface area contributed by atoms with Crippen molar-refractivity contribution in [2.75, 3.05) is 10.8 Å². The quantitative estimate of drug-likeness (QED) is 0.0759. The summed E-state index contributed by atoms with van der Waals surface area (Å²) in [7, 11) is 0. The van der Waals surface area contributed by atoms with Crippen LogP contribution < -0.4 is 4.90 Å². The predicted octanol–water partition coefficient (Wildman–Crippen LogP) is 9.23. The molecule has 0 spiro atoms. The molecule has 1 aromatic heterocycles. The number of ether oxygens (including phenoxy) is 1. The fourth-order valence-corrected chi connectivity index (χ4v) is 8.35. The predicted molar refractivity (Wildman–Crippen MR) is 194 cm³/mol. The van der Waals surface area contributed by atoms with Gasteiger partial charge >= 0.3 is 5.97 Å². The number of carbonyl (C=O) groups is 4. The van der Waals surface area contributed by atoms with E-state index < -0.39 is 23.7 Å². The maximum Gasteiger partial charge on any atom is 0.339 e. The van der Waals surface area contributed by atoms with Crippen LogP contribution in [-0.4, -0.2) is 50.2 Å². The van der Waals surface area contributed by atoms with E-state index in [4.69, 9.17) is 32.9 Å². The molecule has 2 amide bonds. The van der Waals surface area contributed by atoms with Crippen LogP contribution in [0.15, 0.2) is 65.1 Å². The Morgan fingerprint density at radius 1 is 1.00 bits per heavy atom. The Kier molecular flexibility index (Phi) is 10.4. The number of anilines is 1. The first-order valence-corrected chi connectivity index (χ1v) is 18.6. The minimum Gasteiger partial charge on any atom is -0.450 e. The molecule has 7 nitrogen and oxygen atoms in total. The number of amides is 2. The number of ketones is 1. The van der Waals surface area contributed by atoms with Gasteiger partial charge in [-0.25, -0.2) is 14.2 Å². The summed E-state index contributed by atoms with van der Waals surface area (Å²) in [5.74, 6) is -2.95. The Morgan fingerprint density at radius 2 is 1.60 bits per heavy atom. The molecule has 6 rings (SSSR count). The Balaban J connectivity index is 1.35. The Labute approximate surface area is 310 Å². The van der Waals surface area contributed by atoms with Crippen molar-refractivity contribution >= 4 is 111 Å². The van der Waals surface area contributed by atoms with Gasteiger partial charge in [0.25, 0.3) is 0 Å². The molecule has 0 N–H and O–H groups in total. The van der Waals surface area contributed by atoms with Gasteiger partial charge < -0.3 is 4.74 Å². The Morgan fingerprint density at radius 3 is 2.19 bits per heavy atom. The second kappa shape index (κ2) is 14.3. The van der Waals surface area contributed by atoms with E-state index in [0.717, 1.165) is 12.1 Å². The van der Waals surface area contributed by atoms with Crippen molar-refractivity contribution in [1.82, 2.24) is 4.98 Å². The maximum absolute atomic E-state index is 13.9.